The van der Waals surface area contributed by atoms with Crippen LogP contribution in [0.5, 0.6) is 0 Å². The number of fused-ring (bicyclic) bond motifs is 1. The van der Waals surface area contributed by atoms with E-state index in [1.54, 1.807) is 0 Å². The number of carboxylic acids is 1. The van der Waals surface area contributed by atoms with Crippen LogP contribution in [0.15, 0.2) is 18.2 Å². The quantitative estimate of drug-likeness (QED) is 0.621. The highest BCUT2D eigenvalue weighted by Gasteiger charge is 2.72. The highest BCUT2D eigenvalue weighted by atomic mass is 16.4. The van der Waals surface area contributed by atoms with E-state index >= 15 is 0 Å². The van der Waals surface area contributed by atoms with E-state index in [0.717, 1.165) is 4.90 Å². The van der Waals surface area contributed by atoms with Crippen molar-refractivity contribution in [2.75, 3.05) is 10.6 Å². The van der Waals surface area contributed by atoms with Crippen LogP contribution in [0.2, 0.25) is 0 Å². The van der Waals surface area contributed by atoms with Crippen LogP contribution in [0, 0.1) is 17.3 Å². The van der Waals surface area contributed by atoms with Gasteiger partial charge in [-0.3, -0.25) is 9.59 Å². The number of amides is 2. The van der Waals surface area contributed by atoms with Crippen LogP contribution in [0.25, 0.3) is 0 Å². The van der Waals surface area contributed by atoms with Gasteiger partial charge in [0.2, 0.25) is 11.8 Å². The summed E-state index contributed by atoms with van der Waals surface area (Å²) in [5.74, 6) is -2.17. The van der Waals surface area contributed by atoms with Gasteiger partial charge in [0.25, 0.3) is 0 Å². The number of anilines is 2. The van der Waals surface area contributed by atoms with Gasteiger partial charge in [-0.1, -0.05) is 13.8 Å². The molecule has 2 aliphatic rings. The fraction of sp³-hybridized carbons (Fsp3) is 0.357. The van der Waals surface area contributed by atoms with Crippen molar-refractivity contribution in [1.82, 2.24) is 0 Å². The number of hydrogen-bond donors (Lipinski definition) is 2. The second-order valence-electron chi connectivity index (χ2n) is 5.87. The van der Waals surface area contributed by atoms with Gasteiger partial charge in [0.05, 0.1) is 28.8 Å². The molecular formula is C14H14N2O4. The van der Waals surface area contributed by atoms with Gasteiger partial charge in [0.15, 0.2) is 0 Å². The largest absolute Gasteiger partial charge is 0.478 e. The Morgan fingerprint density at radius 3 is 2.25 bits per heavy atom. The first kappa shape index (κ1) is 12.7. The van der Waals surface area contributed by atoms with E-state index in [0.29, 0.717) is 0 Å². The van der Waals surface area contributed by atoms with Crippen molar-refractivity contribution in [3.05, 3.63) is 23.8 Å². The lowest BCUT2D eigenvalue weighted by Crippen LogP contribution is -2.36. The van der Waals surface area contributed by atoms with E-state index < -0.39 is 5.97 Å². The number of carbonyl (C=O) groups is 3. The molecule has 1 aliphatic heterocycles. The van der Waals surface area contributed by atoms with Gasteiger partial charge in [-0.15, -0.1) is 0 Å². The number of carboxylic acid groups (broad SMARTS) is 1. The Bertz CT molecular complexity index is 641. The number of nitrogens with zero attached hydrogens (tertiary/aromatic N) is 1. The molecule has 1 saturated heterocycles. The molecule has 2 atom stereocenters. The third-order valence-electron chi connectivity index (χ3n) is 4.32. The Hall–Kier alpha value is -2.37. The Morgan fingerprint density at radius 1 is 1.25 bits per heavy atom. The van der Waals surface area contributed by atoms with E-state index in [1.807, 2.05) is 13.8 Å². The van der Waals surface area contributed by atoms with Crippen molar-refractivity contribution in [2.24, 2.45) is 17.3 Å². The minimum absolute atomic E-state index is 0.0239. The molecule has 104 valence electrons. The molecule has 3 N–H and O–H groups in total. The molecule has 1 aromatic carbocycles. The zero-order valence-corrected chi connectivity index (χ0v) is 11.1. The molecule has 6 nitrogen and oxygen atoms in total. The van der Waals surface area contributed by atoms with Crippen LogP contribution in [0.4, 0.5) is 11.4 Å². The van der Waals surface area contributed by atoms with Crippen LogP contribution in [-0.4, -0.2) is 22.9 Å². The topological polar surface area (TPSA) is 101 Å². The number of piperidine rings is 1. The maximum Gasteiger partial charge on any atom is 0.335 e. The summed E-state index contributed by atoms with van der Waals surface area (Å²) in [5.41, 5.74) is 5.92. The normalized spacial score (nSPS) is 26.6. The minimum Gasteiger partial charge on any atom is -0.478 e. The van der Waals surface area contributed by atoms with Crippen molar-refractivity contribution >= 4 is 29.2 Å². The predicted molar refractivity (Wildman–Crippen MR) is 71.1 cm³/mol. The molecule has 0 spiro atoms. The number of benzene rings is 1. The van der Waals surface area contributed by atoms with Crippen LogP contribution in [-0.2, 0) is 9.59 Å². The summed E-state index contributed by atoms with van der Waals surface area (Å²) in [6.45, 7) is 3.79. The Morgan fingerprint density at radius 2 is 1.80 bits per heavy atom. The Balaban J connectivity index is 1.98. The molecule has 2 fully saturated rings. The second-order valence-corrected chi connectivity index (χ2v) is 5.87. The van der Waals surface area contributed by atoms with Gasteiger partial charge in [-0.05, 0) is 23.6 Å². The summed E-state index contributed by atoms with van der Waals surface area (Å²) in [4.78, 5) is 36.5. The Kier molecular flexibility index (Phi) is 2.27. The average molecular weight is 274 g/mol. The van der Waals surface area contributed by atoms with Gasteiger partial charge in [0.1, 0.15) is 0 Å². The Labute approximate surface area is 115 Å². The van der Waals surface area contributed by atoms with Crippen molar-refractivity contribution in [2.45, 2.75) is 13.8 Å². The molecule has 1 aromatic rings. The van der Waals surface area contributed by atoms with Crippen LogP contribution in [0.1, 0.15) is 24.2 Å². The monoisotopic (exact) mass is 274 g/mol. The van der Waals surface area contributed by atoms with Crippen molar-refractivity contribution in [3.63, 3.8) is 0 Å². The highest BCUT2D eigenvalue weighted by Crippen LogP contribution is 2.63. The van der Waals surface area contributed by atoms with E-state index in [2.05, 4.69) is 0 Å². The number of imide groups is 1. The molecule has 0 aromatic heterocycles. The number of nitrogens with two attached hydrogens (primary N) is 1. The first-order valence-corrected chi connectivity index (χ1v) is 6.27. The van der Waals surface area contributed by atoms with Crippen LogP contribution >= 0.6 is 0 Å². The molecule has 2 unspecified atom stereocenters. The SMILES string of the molecule is CC1(C)C2C(=O)N(c3ccc(C(=O)O)cc3N)C(=O)C21. The van der Waals surface area contributed by atoms with E-state index in [4.69, 9.17) is 10.8 Å². The predicted octanol–water partition coefficient (Wildman–Crippen LogP) is 1.11. The molecule has 2 amide bonds. The fourth-order valence-corrected chi connectivity index (χ4v) is 3.07. The average Bonchev–Trinajstić information content (AvgIpc) is 2.81. The van der Waals surface area contributed by atoms with Crippen LogP contribution < -0.4 is 10.6 Å². The molecule has 3 rings (SSSR count). The standard InChI is InChI=1S/C14H14N2O4/c1-14(2)9-10(14)12(18)16(11(9)17)8-4-3-6(13(19)20)5-7(8)15/h3-5,9-10H,15H2,1-2H3,(H,19,20). The summed E-state index contributed by atoms with van der Waals surface area (Å²) in [7, 11) is 0. The van der Waals surface area contributed by atoms with Gasteiger partial charge in [-0.25, -0.2) is 9.69 Å². The number of hydrogen-bond acceptors (Lipinski definition) is 4. The third kappa shape index (κ3) is 1.41. The third-order valence-corrected chi connectivity index (χ3v) is 4.32. The number of aromatic carboxylic acids is 1. The van der Waals surface area contributed by atoms with Gasteiger partial charge < -0.3 is 10.8 Å². The van der Waals surface area contributed by atoms with E-state index in [9.17, 15) is 14.4 Å². The van der Waals surface area contributed by atoms with Gasteiger partial charge in [-0.2, -0.15) is 0 Å². The second kappa shape index (κ2) is 3.59. The zero-order chi connectivity index (χ0) is 14.8. The highest BCUT2D eigenvalue weighted by molar-refractivity contribution is 6.26. The lowest BCUT2D eigenvalue weighted by atomic mass is 10.0. The van der Waals surface area contributed by atoms with Crippen molar-refractivity contribution in [3.8, 4) is 0 Å². The van der Waals surface area contributed by atoms with Gasteiger partial charge in [0, 0.05) is 0 Å². The molecule has 1 heterocycles. The number of carbonyl (C=O) groups excluding carboxylic acids is 2. The summed E-state index contributed by atoms with van der Waals surface area (Å²) in [6, 6.07) is 4.00. The molecule has 0 bridgehead atoms. The van der Waals surface area contributed by atoms with E-state index in [1.165, 1.54) is 18.2 Å². The summed E-state index contributed by atoms with van der Waals surface area (Å²) < 4.78 is 0. The molecular weight excluding hydrogens is 260 g/mol. The lowest BCUT2D eigenvalue weighted by Gasteiger charge is -2.22. The van der Waals surface area contributed by atoms with Gasteiger partial charge >= 0.3 is 5.97 Å². The summed E-state index contributed by atoms with van der Waals surface area (Å²) in [6.07, 6.45) is 0. The maximum absolute atomic E-state index is 12.3. The van der Waals surface area contributed by atoms with Crippen LogP contribution in [0.3, 0.4) is 0 Å². The molecule has 20 heavy (non-hydrogen) atoms. The van der Waals surface area contributed by atoms with E-state index in [-0.39, 0.29) is 46.0 Å². The minimum atomic E-state index is -1.11. The van der Waals surface area contributed by atoms with Crippen molar-refractivity contribution in [1.29, 1.82) is 0 Å². The fourth-order valence-electron chi connectivity index (χ4n) is 3.07. The number of nitrogen functional groups attached to an aromatic ring is 1. The first-order chi connectivity index (χ1) is 9.26. The molecule has 1 aliphatic carbocycles. The first-order valence-electron chi connectivity index (χ1n) is 6.27. The smallest absolute Gasteiger partial charge is 0.335 e. The van der Waals surface area contributed by atoms with Crippen molar-refractivity contribution < 1.29 is 19.5 Å². The maximum atomic E-state index is 12.3. The molecule has 6 heteroatoms. The molecule has 0 radical (unpaired) electrons. The lowest BCUT2D eigenvalue weighted by molar-refractivity contribution is -0.125. The zero-order valence-electron chi connectivity index (χ0n) is 11.1. The summed E-state index contributed by atoms with van der Waals surface area (Å²) in [5, 5.41) is 8.88. The number of rotatable bonds is 2. The molecule has 1 saturated carbocycles. The summed E-state index contributed by atoms with van der Waals surface area (Å²) >= 11 is 0.